The molecule has 0 aromatic carbocycles. The Bertz CT molecular complexity index is 432. The van der Waals surface area contributed by atoms with Crippen LogP contribution in [0.5, 0.6) is 0 Å². The van der Waals surface area contributed by atoms with E-state index in [1.807, 2.05) is 20.8 Å². The number of ether oxygens (including phenoxy) is 2. The molecule has 22 heavy (non-hydrogen) atoms. The van der Waals surface area contributed by atoms with Gasteiger partial charge in [0.15, 0.2) is 0 Å². The highest BCUT2D eigenvalue weighted by Crippen LogP contribution is 2.34. The van der Waals surface area contributed by atoms with Gasteiger partial charge in [-0.3, -0.25) is 14.4 Å². The van der Waals surface area contributed by atoms with Crippen LogP contribution in [-0.4, -0.2) is 34.7 Å². The molecule has 6 nitrogen and oxygen atoms in total. The first-order chi connectivity index (χ1) is 10.1. The summed E-state index contributed by atoms with van der Waals surface area (Å²) < 4.78 is 10.8. The van der Waals surface area contributed by atoms with Crippen LogP contribution in [0.25, 0.3) is 0 Å². The van der Waals surface area contributed by atoms with Crippen molar-refractivity contribution in [3.05, 3.63) is 0 Å². The number of rotatable bonds is 6. The highest BCUT2D eigenvalue weighted by Gasteiger charge is 2.37. The normalized spacial score (nSPS) is 25.4. The van der Waals surface area contributed by atoms with Gasteiger partial charge in [0, 0.05) is 0 Å². The van der Waals surface area contributed by atoms with Crippen LogP contribution >= 0.6 is 0 Å². The lowest BCUT2D eigenvalue weighted by Crippen LogP contribution is -2.40. The third-order valence-corrected chi connectivity index (χ3v) is 4.36. The van der Waals surface area contributed by atoms with Gasteiger partial charge in [0.1, 0.15) is 18.1 Å². The van der Waals surface area contributed by atoms with Crippen LogP contribution in [0.3, 0.4) is 0 Å². The molecule has 1 rings (SSSR count). The van der Waals surface area contributed by atoms with Gasteiger partial charge in [-0.2, -0.15) is 0 Å². The van der Waals surface area contributed by atoms with Gasteiger partial charge in [-0.25, -0.2) is 0 Å². The molecule has 0 bridgehead atoms. The van der Waals surface area contributed by atoms with Crippen molar-refractivity contribution >= 4 is 17.9 Å². The van der Waals surface area contributed by atoms with Gasteiger partial charge in [-0.15, -0.1) is 0 Å². The van der Waals surface area contributed by atoms with E-state index in [9.17, 15) is 14.4 Å². The van der Waals surface area contributed by atoms with E-state index in [0.717, 1.165) is 0 Å². The minimum Gasteiger partial charge on any atom is -0.481 e. The van der Waals surface area contributed by atoms with Gasteiger partial charge in [0.25, 0.3) is 0 Å². The molecule has 0 amide bonds. The Kier molecular flexibility index (Phi) is 5.97. The molecule has 0 radical (unpaired) electrons. The molecule has 6 heteroatoms. The first-order valence-corrected chi connectivity index (χ1v) is 7.73. The quantitative estimate of drug-likeness (QED) is 0.599. The standard InChI is InChI=1S/C16H26O6/c1-5-15(2,3)14(20)21-11-6-8-16(4,9-7-11)22-13(19)10-12(17)18/h11H,5-10H2,1-4H3,(H,17,18). The summed E-state index contributed by atoms with van der Waals surface area (Å²) in [6.07, 6.45) is 2.27. The summed E-state index contributed by atoms with van der Waals surface area (Å²) in [5.74, 6) is -2.12. The van der Waals surface area contributed by atoms with E-state index < -0.39 is 29.4 Å². The monoisotopic (exact) mass is 314 g/mol. The number of carbonyl (C=O) groups is 3. The molecule has 1 N–H and O–H groups in total. The lowest BCUT2D eigenvalue weighted by atomic mass is 9.84. The summed E-state index contributed by atoms with van der Waals surface area (Å²) in [4.78, 5) is 34.0. The summed E-state index contributed by atoms with van der Waals surface area (Å²) in [6, 6.07) is 0. The SMILES string of the molecule is CCC(C)(C)C(=O)OC1CCC(C)(OC(=O)CC(=O)O)CC1. The van der Waals surface area contributed by atoms with E-state index in [2.05, 4.69) is 0 Å². The van der Waals surface area contributed by atoms with E-state index in [1.165, 1.54) is 0 Å². The molecular formula is C16H26O6. The molecule has 0 unspecified atom stereocenters. The molecule has 126 valence electrons. The molecular weight excluding hydrogens is 288 g/mol. The Morgan fingerprint density at radius 1 is 1.23 bits per heavy atom. The van der Waals surface area contributed by atoms with Crippen LogP contribution < -0.4 is 0 Å². The summed E-state index contributed by atoms with van der Waals surface area (Å²) in [5, 5.41) is 8.58. The molecule has 1 saturated carbocycles. The largest absolute Gasteiger partial charge is 0.481 e. The highest BCUT2D eigenvalue weighted by atomic mass is 16.6. The zero-order valence-corrected chi connectivity index (χ0v) is 13.8. The lowest BCUT2D eigenvalue weighted by Gasteiger charge is -2.37. The summed E-state index contributed by atoms with van der Waals surface area (Å²) >= 11 is 0. The summed E-state index contributed by atoms with van der Waals surface area (Å²) in [5.41, 5.74) is -1.16. The van der Waals surface area contributed by atoms with Gasteiger partial charge in [-0.05, 0) is 52.9 Å². The third kappa shape index (κ3) is 5.31. The maximum absolute atomic E-state index is 12.1. The van der Waals surface area contributed by atoms with Crippen LogP contribution in [0.15, 0.2) is 0 Å². The van der Waals surface area contributed by atoms with Gasteiger partial charge in [0.2, 0.25) is 0 Å². The zero-order chi connectivity index (χ0) is 17.0. The minimum atomic E-state index is -1.20. The van der Waals surface area contributed by atoms with E-state index >= 15 is 0 Å². The molecule has 0 aromatic heterocycles. The van der Waals surface area contributed by atoms with Gasteiger partial charge >= 0.3 is 17.9 Å². The number of hydrogen-bond donors (Lipinski definition) is 1. The Labute approximate surface area is 131 Å². The number of carboxylic acids is 1. The Hall–Kier alpha value is -1.59. The van der Waals surface area contributed by atoms with Crippen molar-refractivity contribution in [2.24, 2.45) is 5.41 Å². The predicted molar refractivity (Wildman–Crippen MR) is 79.2 cm³/mol. The third-order valence-electron chi connectivity index (χ3n) is 4.36. The predicted octanol–water partition coefficient (Wildman–Crippen LogP) is 2.69. The van der Waals surface area contributed by atoms with E-state index in [4.69, 9.17) is 14.6 Å². The first kappa shape index (κ1) is 18.5. The molecule has 0 aromatic rings. The van der Waals surface area contributed by atoms with E-state index in [-0.39, 0.29) is 12.1 Å². The topological polar surface area (TPSA) is 89.9 Å². The van der Waals surface area contributed by atoms with Crippen LogP contribution in [0.4, 0.5) is 0 Å². The second-order valence-corrected chi connectivity index (χ2v) is 6.84. The zero-order valence-electron chi connectivity index (χ0n) is 13.8. The number of carboxylic acid groups (broad SMARTS) is 1. The van der Waals surface area contributed by atoms with Crippen molar-refractivity contribution in [3.63, 3.8) is 0 Å². The van der Waals surface area contributed by atoms with Crippen molar-refractivity contribution in [1.82, 2.24) is 0 Å². The van der Waals surface area contributed by atoms with Crippen molar-refractivity contribution in [3.8, 4) is 0 Å². The smallest absolute Gasteiger partial charge is 0.317 e. The molecule has 1 aliphatic rings. The average molecular weight is 314 g/mol. The fourth-order valence-corrected chi connectivity index (χ4v) is 2.31. The number of aliphatic carboxylic acids is 1. The molecule has 0 saturated heterocycles. The van der Waals surface area contributed by atoms with Crippen molar-refractivity contribution in [1.29, 1.82) is 0 Å². The Morgan fingerprint density at radius 3 is 2.23 bits per heavy atom. The van der Waals surface area contributed by atoms with E-state index in [1.54, 1.807) is 6.92 Å². The van der Waals surface area contributed by atoms with E-state index in [0.29, 0.717) is 32.1 Å². The van der Waals surface area contributed by atoms with Crippen LogP contribution in [0.1, 0.15) is 66.2 Å². The van der Waals surface area contributed by atoms with Crippen LogP contribution in [0.2, 0.25) is 0 Å². The number of carbonyl (C=O) groups excluding carboxylic acids is 2. The van der Waals surface area contributed by atoms with Crippen LogP contribution in [0, 0.1) is 5.41 Å². The number of hydrogen-bond acceptors (Lipinski definition) is 5. The molecule has 0 heterocycles. The molecule has 0 spiro atoms. The average Bonchev–Trinajstić information content (AvgIpc) is 2.40. The minimum absolute atomic E-state index is 0.162. The maximum Gasteiger partial charge on any atom is 0.317 e. The Balaban J connectivity index is 2.47. The highest BCUT2D eigenvalue weighted by molar-refractivity contribution is 5.90. The second kappa shape index (κ2) is 7.11. The molecule has 0 aliphatic heterocycles. The summed E-state index contributed by atoms with van der Waals surface area (Å²) in [6.45, 7) is 7.45. The fourth-order valence-electron chi connectivity index (χ4n) is 2.31. The van der Waals surface area contributed by atoms with Crippen molar-refractivity contribution in [2.75, 3.05) is 0 Å². The van der Waals surface area contributed by atoms with Gasteiger partial charge in [0.05, 0.1) is 5.41 Å². The van der Waals surface area contributed by atoms with Crippen molar-refractivity contribution in [2.45, 2.75) is 77.9 Å². The lowest BCUT2D eigenvalue weighted by molar-refractivity contribution is -0.174. The second-order valence-electron chi connectivity index (χ2n) is 6.84. The molecule has 1 aliphatic carbocycles. The number of esters is 2. The van der Waals surface area contributed by atoms with Crippen LogP contribution in [-0.2, 0) is 23.9 Å². The van der Waals surface area contributed by atoms with Gasteiger partial charge < -0.3 is 14.6 Å². The molecule has 0 atom stereocenters. The summed E-state index contributed by atoms with van der Waals surface area (Å²) in [7, 11) is 0. The molecule has 1 fully saturated rings. The fraction of sp³-hybridized carbons (Fsp3) is 0.812. The first-order valence-electron chi connectivity index (χ1n) is 7.73. The van der Waals surface area contributed by atoms with Crippen molar-refractivity contribution < 1.29 is 29.0 Å². The Morgan fingerprint density at radius 2 is 1.77 bits per heavy atom. The van der Waals surface area contributed by atoms with Gasteiger partial charge in [-0.1, -0.05) is 6.92 Å². The maximum atomic E-state index is 12.1.